The summed E-state index contributed by atoms with van der Waals surface area (Å²) in [4.78, 5) is 0. The molecule has 1 heterocycles. The molecule has 0 N–H and O–H groups in total. The number of nitrogens with zero attached hydrogens (tertiary/aromatic N) is 1. The molecule has 1 aromatic heterocycles. The third kappa shape index (κ3) is 3.18. The van der Waals surface area contributed by atoms with Gasteiger partial charge in [0.25, 0.3) is 5.03 Å². The Kier molecular flexibility index (Phi) is 4.13. The standard InChI is InChI=1S/C12H11NOS2/c14-13-9-5-4-8-12(13)16-15-10-11-6-2-1-3-7-11/h1-9H,10H2. The molecule has 16 heavy (non-hydrogen) atoms. The molecule has 0 aliphatic rings. The maximum absolute atomic E-state index is 11.3. The third-order valence-electron chi connectivity index (χ3n) is 2.00. The van der Waals surface area contributed by atoms with E-state index in [-0.39, 0.29) is 0 Å². The molecule has 0 saturated carbocycles. The van der Waals surface area contributed by atoms with Crippen LogP contribution in [-0.2, 0) is 5.75 Å². The summed E-state index contributed by atoms with van der Waals surface area (Å²) in [6.07, 6.45) is 1.52. The van der Waals surface area contributed by atoms with Crippen LogP contribution >= 0.6 is 21.6 Å². The smallest absolute Gasteiger partial charge is 0.261 e. The third-order valence-corrected chi connectivity index (χ3v) is 4.28. The van der Waals surface area contributed by atoms with E-state index >= 15 is 0 Å². The molecule has 0 bridgehead atoms. The van der Waals surface area contributed by atoms with Crippen molar-refractivity contribution >= 4 is 21.6 Å². The largest absolute Gasteiger partial charge is 0.618 e. The van der Waals surface area contributed by atoms with Gasteiger partial charge in [0.05, 0.1) is 0 Å². The Morgan fingerprint density at radius 2 is 1.75 bits per heavy atom. The molecule has 0 spiro atoms. The van der Waals surface area contributed by atoms with Gasteiger partial charge in [0.15, 0.2) is 6.20 Å². The maximum Gasteiger partial charge on any atom is 0.261 e. The first-order valence-corrected chi connectivity index (χ1v) is 7.20. The van der Waals surface area contributed by atoms with Gasteiger partial charge in [-0.05, 0) is 11.6 Å². The van der Waals surface area contributed by atoms with Gasteiger partial charge in [0.1, 0.15) is 0 Å². The van der Waals surface area contributed by atoms with Gasteiger partial charge in [-0.2, -0.15) is 4.73 Å². The van der Waals surface area contributed by atoms with E-state index in [2.05, 4.69) is 12.1 Å². The lowest BCUT2D eigenvalue weighted by Crippen LogP contribution is -2.27. The van der Waals surface area contributed by atoms with Gasteiger partial charge in [-0.15, -0.1) is 0 Å². The molecule has 82 valence electrons. The summed E-state index contributed by atoms with van der Waals surface area (Å²) in [7, 11) is 3.18. The summed E-state index contributed by atoms with van der Waals surface area (Å²) in [6.45, 7) is 0. The minimum Gasteiger partial charge on any atom is -0.618 e. The summed E-state index contributed by atoms with van der Waals surface area (Å²) in [5.74, 6) is 0.903. The molecule has 2 aromatic rings. The van der Waals surface area contributed by atoms with Crippen LogP contribution in [0.15, 0.2) is 59.8 Å². The normalized spacial score (nSPS) is 10.2. The zero-order valence-corrected chi connectivity index (χ0v) is 10.2. The summed E-state index contributed by atoms with van der Waals surface area (Å²) < 4.78 is 0.892. The number of hydrogen-bond donors (Lipinski definition) is 0. The van der Waals surface area contributed by atoms with Crippen LogP contribution in [0.2, 0.25) is 0 Å². The maximum atomic E-state index is 11.3. The van der Waals surface area contributed by atoms with Gasteiger partial charge in [0.2, 0.25) is 0 Å². The second-order valence-electron chi connectivity index (χ2n) is 3.20. The van der Waals surface area contributed by atoms with E-state index in [9.17, 15) is 5.21 Å². The number of rotatable bonds is 4. The Morgan fingerprint density at radius 1 is 1.00 bits per heavy atom. The van der Waals surface area contributed by atoms with E-state index < -0.39 is 0 Å². The van der Waals surface area contributed by atoms with Crippen molar-refractivity contribution in [2.75, 3.05) is 0 Å². The van der Waals surface area contributed by atoms with Crippen molar-refractivity contribution in [2.45, 2.75) is 10.8 Å². The zero-order valence-electron chi connectivity index (χ0n) is 8.58. The fourth-order valence-electron chi connectivity index (χ4n) is 1.21. The minimum absolute atomic E-state index is 0.725. The zero-order chi connectivity index (χ0) is 11.2. The predicted molar refractivity (Wildman–Crippen MR) is 69.0 cm³/mol. The van der Waals surface area contributed by atoms with E-state index in [0.29, 0.717) is 0 Å². The van der Waals surface area contributed by atoms with Crippen LogP contribution in [0.25, 0.3) is 0 Å². The first-order valence-electron chi connectivity index (χ1n) is 4.88. The number of benzene rings is 1. The second kappa shape index (κ2) is 5.82. The lowest BCUT2D eigenvalue weighted by Gasteiger charge is -2.02. The van der Waals surface area contributed by atoms with Crippen molar-refractivity contribution in [3.05, 3.63) is 65.5 Å². The van der Waals surface area contributed by atoms with Crippen molar-refractivity contribution < 1.29 is 4.73 Å². The highest BCUT2D eigenvalue weighted by Crippen LogP contribution is 2.31. The van der Waals surface area contributed by atoms with Gasteiger partial charge in [-0.1, -0.05) is 41.1 Å². The van der Waals surface area contributed by atoms with Crippen LogP contribution in [0.5, 0.6) is 0 Å². The lowest BCUT2D eigenvalue weighted by atomic mass is 10.2. The monoisotopic (exact) mass is 249 g/mol. The fourth-order valence-corrected chi connectivity index (χ4v) is 3.32. The quantitative estimate of drug-likeness (QED) is 0.473. The summed E-state index contributed by atoms with van der Waals surface area (Å²) in [6, 6.07) is 15.7. The Bertz CT molecular complexity index is 448. The molecule has 4 heteroatoms. The first kappa shape index (κ1) is 11.4. The van der Waals surface area contributed by atoms with Gasteiger partial charge in [-0.25, -0.2) is 0 Å². The molecule has 0 amide bonds. The van der Waals surface area contributed by atoms with Crippen LogP contribution in [-0.4, -0.2) is 0 Å². The first-order chi connectivity index (χ1) is 7.86. The Morgan fingerprint density at radius 3 is 2.50 bits per heavy atom. The van der Waals surface area contributed by atoms with Crippen LogP contribution < -0.4 is 4.73 Å². The van der Waals surface area contributed by atoms with Crippen LogP contribution in [0.4, 0.5) is 0 Å². The highest BCUT2D eigenvalue weighted by molar-refractivity contribution is 8.76. The molecular weight excluding hydrogens is 238 g/mol. The molecule has 2 rings (SSSR count). The molecule has 0 unspecified atom stereocenters. The van der Waals surface area contributed by atoms with E-state index in [1.807, 2.05) is 30.3 Å². The molecule has 0 aliphatic heterocycles. The topological polar surface area (TPSA) is 26.9 Å². The summed E-state index contributed by atoms with van der Waals surface area (Å²) >= 11 is 0. The molecule has 0 saturated heterocycles. The van der Waals surface area contributed by atoms with Crippen LogP contribution in [0.1, 0.15) is 5.56 Å². The van der Waals surface area contributed by atoms with Crippen molar-refractivity contribution in [3.8, 4) is 0 Å². The molecule has 0 atom stereocenters. The van der Waals surface area contributed by atoms with Crippen LogP contribution in [0.3, 0.4) is 0 Å². The number of pyridine rings is 1. The number of aromatic nitrogens is 1. The Labute approximate surface area is 103 Å². The molecule has 0 radical (unpaired) electrons. The van der Waals surface area contributed by atoms with E-state index in [1.165, 1.54) is 22.6 Å². The molecular formula is C12H11NOS2. The van der Waals surface area contributed by atoms with E-state index in [0.717, 1.165) is 15.5 Å². The SMILES string of the molecule is [O-][n+]1ccccc1SSCc1ccccc1. The summed E-state index contributed by atoms with van der Waals surface area (Å²) in [5.41, 5.74) is 1.27. The number of hydrogen-bond acceptors (Lipinski definition) is 3. The van der Waals surface area contributed by atoms with Crippen molar-refractivity contribution in [3.63, 3.8) is 0 Å². The molecule has 2 nitrogen and oxygen atoms in total. The van der Waals surface area contributed by atoms with Crippen molar-refractivity contribution in [1.29, 1.82) is 0 Å². The van der Waals surface area contributed by atoms with Gasteiger partial charge >= 0.3 is 0 Å². The van der Waals surface area contributed by atoms with Gasteiger partial charge in [0, 0.05) is 28.7 Å². The Hall–Kier alpha value is -1.13. The highest BCUT2D eigenvalue weighted by Gasteiger charge is 2.04. The average molecular weight is 249 g/mol. The second-order valence-corrected chi connectivity index (χ2v) is 5.51. The lowest BCUT2D eigenvalue weighted by molar-refractivity contribution is -0.645. The highest BCUT2D eigenvalue weighted by atomic mass is 33.1. The predicted octanol–water partition coefficient (Wildman–Crippen LogP) is 3.26. The van der Waals surface area contributed by atoms with Crippen LogP contribution in [0, 0.1) is 5.21 Å². The minimum atomic E-state index is 0.725. The van der Waals surface area contributed by atoms with Gasteiger partial charge < -0.3 is 5.21 Å². The molecule has 0 fully saturated rings. The van der Waals surface area contributed by atoms with Crippen molar-refractivity contribution in [1.82, 2.24) is 0 Å². The molecule has 0 aliphatic carbocycles. The van der Waals surface area contributed by atoms with E-state index in [4.69, 9.17) is 0 Å². The molecule has 1 aromatic carbocycles. The van der Waals surface area contributed by atoms with E-state index in [1.54, 1.807) is 16.9 Å². The Balaban J connectivity index is 1.87. The fraction of sp³-hybridized carbons (Fsp3) is 0.0833. The van der Waals surface area contributed by atoms with Crippen molar-refractivity contribution in [2.24, 2.45) is 0 Å². The van der Waals surface area contributed by atoms with Gasteiger partial charge in [-0.3, -0.25) is 0 Å². The average Bonchev–Trinajstić information content (AvgIpc) is 2.33. The summed E-state index contributed by atoms with van der Waals surface area (Å²) in [5, 5.41) is 12.1.